The number of esters is 2. The van der Waals surface area contributed by atoms with Crippen LogP contribution in [0.3, 0.4) is 0 Å². The monoisotopic (exact) mass is 387 g/mol. The number of hydrogen-bond acceptors (Lipinski definition) is 6. The number of Topliss-reactive ketones (excluding diaryl/α,β-unsaturated/α-hetero) is 1. The smallest absolute Gasteiger partial charge is 0.344 e. The number of benzene rings is 1. The second-order valence-corrected chi connectivity index (χ2v) is 6.46. The van der Waals surface area contributed by atoms with Gasteiger partial charge in [0.2, 0.25) is 5.78 Å². The summed E-state index contributed by atoms with van der Waals surface area (Å²) in [6, 6.07) is 5.48. The third kappa shape index (κ3) is 5.00. The van der Waals surface area contributed by atoms with Gasteiger partial charge in [-0.1, -0.05) is 6.07 Å². The summed E-state index contributed by atoms with van der Waals surface area (Å²) in [6.07, 6.45) is 0. The minimum absolute atomic E-state index is 0.173. The predicted molar refractivity (Wildman–Crippen MR) is 103 cm³/mol. The van der Waals surface area contributed by atoms with Crippen molar-refractivity contribution in [1.82, 2.24) is 4.98 Å². The molecule has 0 radical (unpaired) electrons. The van der Waals surface area contributed by atoms with E-state index in [0.717, 1.165) is 11.1 Å². The lowest BCUT2D eigenvalue weighted by molar-refractivity contribution is -0.144. The molecular formula is C21H25NO6. The van der Waals surface area contributed by atoms with Crippen LogP contribution >= 0.6 is 0 Å². The van der Waals surface area contributed by atoms with E-state index in [9.17, 15) is 14.4 Å². The Morgan fingerprint density at radius 1 is 0.893 bits per heavy atom. The van der Waals surface area contributed by atoms with Gasteiger partial charge in [0.05, 0.1) is 17.7 Å². The summed E-state index contributed by atoms with van der Waals surface area (Å²) >= 11 is 0. The van der Waals surface area contributed by atoms with Gasteiger partial charge < -0.3 is 19.2 Å². The van der Waals surface area contributed by atoms with Crippen LogP contribution in [-0.2, 0) is 14.3 Å². The summed E-state index contributed by atoms with van der Waals surface area (Å²) in [5, 5.41) is 0. The van der Waals surface area contributed by atoms with E-state index in [1.807, 2.05) is 26.0 Å². The topological polar surface area (TPSA) is 94.7 Å². The number of aromatic amines is 1. The quantitative estimate of drug-likeness (QED) is 0.552. The van der Waals surface area contributed by atoms with Gasteiger partial charge in [-0.15, -0.1) is 0 Å². The molecule has 0 unspecified atom stereocenters. The van der Waals surface area contributed by atoms with E-state index in [4.69, 9.17) is 14.2 Å². The SMILES string of the molecule is CCOC(=O)c1c(C)[nH]c(C)c1C(=O)COC(=O)COc1ccc(C)c(C)c1. The van der Waals surface area contributed by atoms with Crippen LogP contribution in [0.15, 0.2) is 18.2 Å². The Kier molecular flexibility index (Phi) is 6.98. The number of carbonyl (C=O) groups excluding carboxylic acids is 3. The van der Waals surface area contributed by atoms with Crippen LogP contribution in [0.2, 0.25) is 0 Å². The van der Waals surface area contributed by atoms with Gasteiger partial charge in [-0.25, -0.2) is 9.59 Å². The Balaban J connectivity index is 1.97. The highest BCUT2D eigenvalue weighted by Gasteiger charge is 2.26. The van der Waals surface area contributed by atoms with E-state index in [0.29, 0.717) is 17.1 Å². The maximum absolute atomic E-state index is 12.5. The molecule has 28 heavy (non-hydrogen) atoms. The van der Waals surface area contributed by atoms with Gasteiger partial charge >= 0.3 is 11.9 Å². The first-order chi connectivity index (χ1) is 13.2. The molecule has 0 fully saturated rings. The average Bonchev–Trinajstić information content (AvgIpc) is 2.95. The van der Waals surface area contributed by atoms with Crippen molar-refractivity contribution < 1.29 is 28.6 Å². The van der Waals surface area contributed by atoms with E-state index in [1.54, 1.807) is 26.8 Å². The van der Waals surface area contributed by atoms with E-state index in [2.05, 4.69) is 4.98 Å². The van der Waals surface area contributed by atoms with Crippen LogP contribution in [0.1, 0.15) is 50.2 Å². The summed E-state index contributed by atoms with van der Waals surface area (Å²) in [5.41, 5.74) is 3.57. The van der Waals surface area contributed by atoms with Gasteiger partial charge in [0.15, 0.2) is 13.2 Å². The second kappa shape index (κ2) is 9.21. The van der Waals surface area contributed by atoms with Crippen molar-refractivity contribution >= 4 is 17.7 Å². The first kappa shape index (κ1) is 21.2. The van der Waals surface area contributed by atoms with Crippen LogP contribution in [0.4, 0.5) is 0 Å². The van der Waals surface area contributed by atoms with Crippen LogP contribution in [0, 0.1) is 27.7 Å². The molecule has 0 aliphatic heterocycles. The molecule has 2 aromatic rings. The lowest BCUT2D eigenvalue weighted by atomic mass is 10.1. The zero-order valence-electron chi connectivity index (χ0n) is 16.8. The molecule has 2 rings (SSSR count). The minimum atomic E-state index is -0.672. The van der Waals surface area contributed by atoms with E-state index in [-0.39, 0.29) is 24.3 Å². The van der Waals surface area contributed by atoms with Gasteiger partial charge in [-0.3, -0.25) is 4.79 Å². The van der Waals surface area contributed by atoms with Crippen LogP contribution in [-0.4, -0.2) is 42.5 Å². The standard InChI is InChI=1S/C21H25NO6/c1-6-26-21(25)20-15(5)22-14(4)19(20)17(23)10-28-18(24)11-27-16-8-7-12(2)13(3)9-16/h7-9,22H,6,10-11H2,1-5H3. The molecule has 1 heterocycles. The molecule has 1 aromatic heterocycles. The Morgan fingerprint density at radius 2 is 1.57 bits per heavy atom. The Bertz CT molecular complexity index is 897. The third-order valence-electron chi connectivity index (χ3n) is 4.33. The predicted octanol–water partition coefficient (Wildman–Crippen LogP) is 3.23. The van der Waals surface area contributed by atoms with Crippen LogP contribution in [0.5, 0.6) is 5.75 Å². The highest BCUT2D eigenvalue weighted by Crippen LogP contribution is 2.20. The number of aryl methyl sites for hydroxylation is 4. The molecule has 1 N–H and O–H groups in total. The summed E-state index contributed by atoms with van der Waals surface area (Å²) in [6.45, 7) is 8.36. The summed E-state index contributed by atoms with van der Waals surface area (Å²) in [7, 11) is 0. The zero-order chi connectivity index (χ0) is 20.8. The molecule has 0 bridgehead atoms. The van der Waals surface area contributed by atoms with Gasteiger partial charge in [-0.05, 0) is 57.9 Å². The number of ether oxygens (including phenoxy) is 3. The van der Waals surface area contributed by atoms with Crippen LogP contribution < -0.4 is 4.74 Å². The normalized spacial score (nSPS) is 10.5. The van der Waals surface area contributed by atoms with Crippen molar-refractivity contribution in [1.29, 1.82) is 0 Å². The molecule has 0 spiro atoms. The molecule has 0 aliphatic carbocycles. The maximum Gasteiger partial charge on any atom is 0.344 e. The van der Waals surface area contributed by atoms with Crippen molar-refractivity contribution in [3.63, 3.8) is 0 Å². The van der Waals surface area contributed by atoms with E-state index in [1.165, 1.54) is 0 Å². The van der Waals surface area contributed by atoms with Gasteiger partial charge in [0, 0.05) is 11.4 Å². The lowest BCUT2D eigenvalue weighted by Crippen LogP contribution is -2.21. The van der Waals surface area contributed by atoms with Gasteiger partial charge in [0.1, 0.15) is 5.75 Å². The molecule has 0 saturated heterocycles. The van der Waals surface area contributed by atoms with E-state index < -0.39 is 24.3 Å². The van der Waals surface area contributed by atoms with Crippen molar-refractivity contribution in [2.75, 3.05) is 19.8 Å². The number of nitrogens with one attached hydrogen (secondary N) is 1. The van der Waals surface area contributed by atoms with Gasteiger partial charge in [-0.2, -0.15) is 0 Å². The van der Waals surface area contributed by atoms with Crippen LogP contribution in [0.25, 0.3) is 0 Å². The van der Waals surface area contributed by atoms with Crippen molar-refractivity contribution in [2.45, 2.75) is 34.6 Å². The largest absolute Gasteiger partial charge is 0.482 e. The van der Waals surface area contributed by atoms with Crippen molar-refractivity contribution in [3.05, 3.63) is 51.8 Å². The zero-order valence-corrected chi connectivity index (χ0v) is 16.8. The fraction of sp³-hybridized carbons (Fsp3) is 0.381. The molecule has 0 amide bonds. The number of rotatable bonds is 8. The number of H-pyrrole nitrogens is 1. The molecule has 0 atom stereocenters. The lowest BCUT2D eigenvalue weighted by Gasteiger charge is -2.09. The van der Waals surface area contributed by atoms with Gasteiger partial charge in [0.25, 0.3) is 0 Å². The summed E-state index contributed by atoms with van der Waals surface area (Å²) in [4.78, 5) is 39.5. The van der Waals surface area contributed by atoms with E-state index >= 15 is 0 Å². The molecule has 150 valence electrons. The highest BCUT2D eigenvalue weighted by atomic mass is 16.6. The maximum atomic E-state index is 12.5. The first-order valence-electron chi connectivity index (χ1n) is 8.99. The Morgan fingerprint density at radius 3 is 2.21 bits per heavy atom. The number of carbonyl (C=O) groups is 3. The van der Waals surface area contributed by atoms with Crippen molar-refractivity contribution in [2.24, 2.45) is 0 Å². The highest BCUT2D eigenvalue weighted by molar-refractivity contribution is 6.09. The fourth-order valence-corrected chi connectivity index (χ4v) is 2.79. The van der Waals surface area contributed by atoms with Crippen molar-refractivity contribution in [3.8, 4) is 5.75 Å². The minimum Gasteiger partial charge on any atom is -0.482 e. The molecule has 7 nitrogen and oxygen atoms in total. The fourth-order valence-electron chi connectivity index (χ4n) is 2.79. The molecule has 0 saturated carbocycles. The number of hydrogen-bond donors (Lipinski definition) is 1. The number of aromatic nitrogens is 1. The Labute approximate surface area is 164 Å². The molecular weight excluding hydrogens is 362 g/mol. The summed E-state index contributed by atoms with van der Waals surface area (Å²) < 4.78 is 15.4. The number of ketones is 1. The summed E-state index contributed by atoms with van der Waals surface area (Å²) in [5.74, 6) is -1.19. The average molecular weight is 387 g/mol. The molecule has 7 heteroatoms. The second-order valence-electron chi connectivity index (χ2n) is 6.46. The molecule has 1 aromatic carbocycles. The molecule has 0 aliphatic rings. The third-order valence-corrected chi connectivity index (χ3v) is 4.33. The first-order valence-corrected chi connectivity index (χ1v) is 8.99. The Hall–Kier alpha value is -3.09.